The number of fused-ring (bicyclic) bond motifs is 1. The molecule has 1 aromatic carbocycles. The van der Waals surface area contributed by atoms with Gasteiger partial charge in [-0.15, -0.1) is 16.4 Å². The molecule has 0 saturated carbocycles. The van der Waals surface area contributed by atoms with Crippen LogP contribution in [-0.2, 0) is 17.6 Å². The van der Waals surface area contributed by atoms with E-state index >= 15 is 0 Å². The summed E-state index contributed by atoms with van der Waals surface area (Å²) in [5, 5.41) is 13.9. The van der Waals surface area contributed by atoms with Gasteiger partial charge in [-0.1, -0.05) is 25.4 Å². The number of aryl methyl sites for hydroxylation is 1. The van der Waals surface area contributed by atoms with Gasteiger partial charge in [0.2, 0.25) is 6.29 Å². The van der Waals surface area contributed by atoms with E-state index in [9.17, 15) is 9.59 Å². The zero-order chi connectivity index (χ0) is 26.4. The minimum absolute atomic E-state index is 0.179. The summed E-state index contributed by atoms with van der Waals surface area (Å²) in [5.74, 6) is 1.75. The molecule has 6 rings (SSSR count). The lowest BCUT2D eigenvalue weighted by atomic mass is 9.98. The summed E-state index contributed by atoms with van der Waals surface area (Å²) in [7, 11) is 0. The Hall–Kier alpha value is -3.96. The van der Waals surface area contributed by atoms with Crippen LogP contribution in [-0.4, -0.2) is 46.0 Å². The lowest BCUT2D eigenvalue weighted by Crippen LogP contribution is -2.25. The van der Waals surface area contributed by atoms with Crippen LogP contribution in [0.3, 0.4) is 0 Å². The summed E-state index contributed by atoms with van der Waals surface area (Å²) in [4.78, 5) is 38.4. The quantitative estimate of drug-likeness (QED) is 0.325. The number of benzene rings is 1. The largest absolute Gasteiger partial charge is 0.340 e. The lowest BCUT2D eigenvalue weighted by Gasteiger charge is -2.14. The van der Waals surface area contributed by atoms with Gasteiger partial charge in [0.15, 0.2) is 0 Å². The number of nitrogens with zero attached hydrogens (tertiary/aromatic N) is 7. The Morgan fingerprint density at radius 3 is 2.89 bits per heavy atom. The van der Waals surface area contributed by atoms with E-state index in [-0.39, 0.29) is 11.6 Å². The summed E-state index contributed by atoms with van der Waals surface area (Å²) in [6.07, 6.45) is 7.39. The molecule has 1 aliphatic heterocycles. The highest BCUT2D eigenvalue weighted by atomic mass is 35.5. The summed E-state index contributed by atoms with van der Waals surface area (Å²) < 4.78 is 3.21. The second kappa shape index (κ2) is 9.73. The Morgan fingerprint density at radius 2 is 2.13 bits per heavy atom. The molecule has 191 valence electrons. The van der Waals surface area contributed by atoms with Crippen LogP contribution in [0.4, 0.5) is 0 Å². The molecule has 10 nitrogen and oxygen atoms in total. The number of halogens is 1. The molecule has 0 fully saturated rings. The standard InChI is InChI=1S/C26H22ClN8O2S/c1-14(2)7-16-18(12-38-23(16)11-36)20-10-28-26(31-20)22-5-6-24-30-19(9-25(37)35(22)24)17-8-15(27)3-4-21(17)34-13-29-32-33-34/h3-4,8-10,12-14,22H,5-7H2,1-2H3,(H,28,31)/t22-/m0/s1. The first-order valence-electron chi connectivity index (χ1n) is 12.1. The number of hydrogen-bond acceptors (Lipinski definition) is 8. The van der Waals surface area contributed by atoms with Gasteiger partial charge in [0.1, 0.15) is 18.0 Å². The Morgan fingerprint density at radius 1 is 1.26 bits per heavy atom. The molecule has 0 bridgehead atoms. The Balaban J connectivity index is 1.37. The van der Waals surface area contributed by atoms with Crippen molar-refractivity contribution in [3.8, 4) is 28.2 Å². The zero-order valence-electron chi connectivity index (χ0n) is 20.6. The monoisotopic (exact) mass is 545 g/mol. The normalized spacial score (nSPS) is 14.8. The predicted molar refractivity (Wildman–Crippen MR) is 143 cm³/mol. The van der Waals surface area contributed by atoms with Crippen LogP contribution >= 0.6 is 22.9 Å². The molecule has 1 aliphatic rings. The number of thiophene rings is 1. The second-order valence-corrected chi connectivity index (χ2v) is 10.9. The molecule has 38 heavy (non-hydrogen) atoms. The Kier molecular flexibility index (Phi) is 6.24. The molecular weight excluding hydrogens is 524 g/mol. The number of aromatic nitrogens is 8. The molecule has 4 aromatic heterocycles. The molecule has 0 spiro atoms. The van der Waals surface area contributed by atoms with Crippen molar-refractivity contribution < 1.29 is 4.79 Å². The van der Waals surface area contributed by atoms with Crippen LogP contribution in [0.1, 0.15) is 48.4 Å². The average molecular weight is 546 g/mol. The third-order valence-electron chi connectivity index (χ3n) is 6.61. The maximum absolute atomic E-state index is 13.4. The smallest absolute Gasteiger partial charge is 0.254 e. The van der Waals surface area contributed by atoms with E-state index in [1.54, 1.807) is 29.0 Å². The van der Waals surface area contributed by atoms with Gasteiger partial charge >= 0.3 is 0 Å². The number of H-pyrrole nitrogens is 1. The first kappa shape index (κ1) is 24.4. The van der Waals surface area contributed by atoms with E-state index in [0.29, 0.717) is 57.3 Å². The topological polar surface area (TPSA) is 124 Å². The van der Waals surface area contributed by atoms with Gasteiger partial charge in [0.05, 0.1) is 34.2 Å². The minimum atomic E-state index is -0.268. The van der Waals surface area contributed by atoms with Crippen LogP contribution < -0.4 is 5.56 Å². The first-order valence-corrected chi connectivity index (χ1v) is 13.4. The van der Waals surface area contributed by atoms with Crippen molar-refractivity contribution in [1.29, 1.82) is 0 Å². The fourth-order valence-electron chi connectivity index (χ4n) is 4.97. The summed E-state index contributed by atoms with van der Waals surface area (Å²) in [6, 6.07) is 6.53. The zero-order valence-corrected chi connectivity index (χ0v) is 22.1. The van der Waals surface area contributed by atoms with Crippen molar-refractivity contribution in [2.45, 2.75) is 39.2 Å². The van der Waals surface area contributed by atoms with E-state index in [0.717, 1.165) is 23.2 Å². The number of nitrogens with one attached hydrogen (secondary N) is 1. The summed E-state index contributed by atoms with van der Waals surface area (Å²) in [5.41, 5.74) is 4.41. The molecule has 0 aliphatic carbocycles. The van der Waals surface area contributed by atoms with Gasteiger partial charge < -0.3 is 4.98 Å². The van der Waals surface area contributed by atoms with E-state index in [2.05, 4.69) is 45.6 Å². The van der Waals surface area contributed by atoms with Gasteiger partial charge in [-0.2, -0.15) is 4.68 Å². The van der Waals surface area contributed by atoms with E-state index in [4.69, 9.17) is 16.6 Å². The molecule has 5 aromatic rings. The van der Waals surface area contributed by atoms with E-state index in [1.165, 1.54) is 28.4 Å². The fourth-order valence-corrected chi connectivity index (χ4v) is 6.03. The molecule has 12 heteroatoms. The van der Waals surface area contributed by atoms with Crippen LogP contribution in [0.5, 0.6) is 0 Å². The van der Waals surface area contributed by atoms with Crippen LogP contribution in [0.2, 0.25) is 5.02 Å². The van der Waals surface area contributed by atoms with Gasteiger partial charge in [-0.25, -0.2) is 9.97 Å². The van der Waals surface area contributed by atoms with Gasteiger partial charge in [-0.3, -0.25) is 14.2 Å². The third kappa shape index (κ3) is 4.27. The van der Waals surface area contributed by atoms with E-state index in [1.807, 2.05) is 5.38 Å². The SMILES string of the molecule is CC(C)Cc1c(-c2cnc([C@@H]3CCc4nc(-c5cc(Cl)ccc5-n5cnnn5)cc(=O)n43)[nH]2)csc1[C]=O. The number of carbonyl (C=O) groups excluding carboxylic acids is 1. The fraction of sp³-hybridized carbons (Fsp3) is 0.269. The van der Waals surface area contributed by atoms with Crippen molar-refractivity contribution in [1.82, 2.24) is 39.7 Å². The Bertz CT molecular complexity index is 1700. The highest BCUT2D eigenvalue weighted by Crippen LogP contribution is 2.35. The number of imidazole rings is 1. The molecular formula is C26H22ClN8O2S. The third-order valence-corrected chi connectivity index (χ3v) is 7.76. The molecule has 5 heterocycles. The Labute approximate surface area is 226 Å². The maximum Gasteiger partial charge on any atom is 0.254 e. The van der Waals surface area contributed by atoms with Crippen molar-refractivity contribution in [3.05, 3.63) is 79.6 Å². The highest BCUT2D eigenvalue weighted by Gasteiger charge is 2.29. The first-order chi connectivity index (χ1) is 18.4. The highest BCUT2D eigenvalue weighted by molar-refractivity contribution is 7.12. The van der Waals surface area contributed by atoms with Gasteiger partial charge in [-0.05, 0) is 52.9 Å². The number of rotatable bonds is 7. The van der Waals surface area contributed by atoms with Crippen molar-refractivity contribution in [2.75, 3.05) is 0 Å². The predicted octanol–water partition coefficient (Wildman–Crippen LogP) is 4.18. The van der Waals surface area contributed by atoms with Crippen LogP contribution in [0.15, 0.2) is 47.0 Å². The number of hydrogen-bond donors (Lipinski definition) is 1. The molecule has 0 unspecified atom stereocenters. The summed E-state index contributed by atoms with van der Waals surface area (Å²) in [6.45, 7) is 4.24. The molecule has 1 atom stereocenters. The molecule has 0 saturated heterocycles. The maximum atomic E-state index is 13.4. The lowest BCUT2D eigenvalue weighted by molar-refractivity contribution is 0.562. The van der Waals surface area contributed by atoms with E-state index < -0.39 is 0 Å². The van der Waals surface area contributed by atoms with Crippen LogP contribution in [0.25, 0.3) is 28.2 Å². The summed E-state index contributed by atoms with van der Waals surface area (Å²) >= 11 is 7.67. The van der Waals surface area contributed by atoms with Crippen molar-refractivity contribution >= 4 is 29.2 Å². The van der Waals surface area contributed by atoms with Gasteiger partial charge in [0.25, 0.3) is 5.56 Å². The number of tetrazole rings is 1. The van der Waals surface area contributed by atoms with Crippen LogP contribution in [0, 0.1) is 5.92 Å². The molecule has 1 radical (unpaired) electrons. The number of aromatic amines is 1. The van der Waals surface area contributed by atoms with Gasteiger partial charge in [0, 0.05) is 34.0 Å². The minimum Gasteiger partial charge on any atom is -0.340 e. The average Bonchev–Trinajstić information content (AvgIpc) is 3.69. The molecule has 1 N–H and O–H groups in total. The second-order valence-electron chi connectivity index (χ2n) is 9.58. The van der Waals surface area contributed by atoms with Crippen molar-refractivity contribution in [3.63, 3.8) is 0 Å². The van der Waals surface area contributed by atoms with Crippen molar-refractivity contribution in [2.24, 2.45) is 5.92 Å². The molecule has 0 amide bonds.